The number of hydrogen-bond acceptors (Lipinski definition) is 3. The van der Waals surface area contributed by atoms with E-state index in [1.54, 1.807) is 11.3 Å². The molecule has 0 fully saturated rings. The second-order valence-electron chi connectivity index (χ2n) is 4.19. The number of aryl methyl sites for hydroxylation is 2. The molecule has 0 aliphatic carbocycles. The largest absolute Gasteiger partial charge is 0.306 e. The van der Waals surface area contributed by atoms with E-state index in [-0.39, 0.29) is 6.04 Å². The molecule has 2 nitrogen and oxygen atoms in total. The van der Waals surface area contributed by atoms with Crippen LogP contribution in [0.3, 0.4) is 0 Å². The third-order valence-corrected chi connectivity index (χ3v) is 3.69. The molecule has 0 radical (unpaired) electrons. The van der Waals surface area contributed by atoms with E-state index in [1.807, 2.05) is 13.1 Å². The molecule has 0 spiro atoms. The predicted octanol–water partition coefficient (Wildman–Crippen LogP) is 3.46. The van der Waals surface area contributed by atoms with E-state index >= 15 is 0 Å². The van der Waals surface area contributed by atoms with Crippen molar-refractivity contribution in [3.05, 3.63) is 51.5 Å². The van der Waals surface area contributed by atoms with E-state index in [0.29, 0.717) is 0 Å². The van der Waals surface area contributed by atoms with E-state index in [0.717, 1.165) is 11.6 Å². The molecule has 1 aromatic heterocycles. The van der Waals surface area contributed by atoms with Crippen molar-refractivity contribution in [2.75, 3.05) is 6.54 Å². The third kappa shape index (κ3) is 2.93. The fourth-order valence-electron chi connectivity index (χ4n) is 1.95. The van der Waals surface area contributed by atoms with Crippen LogP contribution in [0.15, 0.2) is 30.5 Å². The zero-order chi connectivity index (χ0) is 12.3. The van der Waals surface area contributed by atoms with Crippen LogP contribution >= 0.6 is 11.3 Å². The summed E-state index contributed by atoms with van der Waals surface area (Å²) < 4.78 is 0. The van der Waals surface area contributed by atoms with Gasteiger partial charge in [0, 0.05) is 11.1 Å². The first-order valence-electron chi connectivity index (χ1n) is 5.93. The molecule has 1 N–H and O–H groups in total. The molecule has 1 unspecified atom stereocenters. The summed E-state index contributed by atoms with van der Waals surface area (Å²) in [5, 5.41) is 4.65. The fourth-order valence-corrected chi connectivity index (χ4v) is 2.84. The molecule has 1 atom stereocenters. The molecule has 0 amide bonds. The number of hydrogen-bond donors (Lipinski definition) is 1. The topological polar surface area (TPSA) is 24.9 Å². The summed E-state index contributed by atoms with van der Waals surface area (Å²) in [6.45, 7) is 7.27. The van der Waals surface area contributed by atoms with E-state index < -0.39 is 0 Å². The summed E-state index contributed by atoms with van der Waals surface area (Å²) in [5.41, 5.74) is 2.61. The van der Waals surface area contributed by atoms with E-state index in [1.165, 1.54) is 16.0 Å². The van der Waals surface area contributed by atoms with Gasteiger partial charge in [-0.15, -0.1) is 11.3 Å². The van der Waals surface area contributed by atoms with Crippen LogP contribution in [-0.2, 0) is 0 Å². The van der Waals surface area contributed by atoms with Gasteiger partial charge in [-0.1, -0.05) is 36.8 Å². The van der Waals surface area contributed by atoms with Crippen molar-refractivity contribution >= 4 is 11.3 Å². The molecule has 0 saturated carbocycles. The molecule has 1 aromatic carbocycles. The fraction of sp³-hybridized carbons (Fsp3) is 0.357. The summed E-state index contributed by atoms with van der Waals surface area (Å²) in [6.07, 6.45) is 1.98. The lowest BCUT2D eigenvalue weighted by Gasteiger charge is -2.16. The lowest BCUT2D eigenvalue weighted by atomic mass is 10.0. The Morgan fingerprint density at radius 3 is 2.76 bits per heavy atom. The molecule has 2 aromatic rings. The van der Waals surface area contributed by atoms with Gasteiger partial charge in [0.1, 0.15) is 0 Å². The first-order chi connectivity index (χ1) is 8.20. The maximum atomic E-state index is 4.35. The molecule has 0 aliphatic rings. The molecule has 1 heterocycles. The quantitative estimate of drug-likeness (QED) is 0.893. The molecule has 17 heavy (non-hydrogen) atoms. The van der Waals surface area contributed by atoms with Crippen LogP contribution in [0, 0.1) is 13.8 Å². The Labute approximate surface area is 107 Å². The molecule has 0 aliphatic heterocycles. The van der Waals surface area contributed by atoms with Crippen molar-refractivity contribution in [1.82, 2.24) is 10.3 Å². The normalized spacial score (nSPS) is 12.6. The Morgan fingerprint density at radius 1 is 1.35 bits per heavy atom. The minimum Gasteiger partial charge on any atom is -0.306 e. The summed E-state index contributed by atoms with van der Waals surface area (Å²) in [5.74, 6) is 0. The van der Waals surface area contributed by atoms with Gasteiger partial charge >= 0.3 is 0 Å². The number of aromatic nitrogens is 1. The van der Waals surface area contributed by atoms with Gasteiger partial charge in [-0.2, -0.15) is 0 Å². The van der Waals surface area contributed by atoms with Crippen molar-refractivity contribution < 1.29 is 0 Å². The minimum absolute atomic E-state index is 0.270. The maximum absolute atomic E-state index is 4.35. The van der Waals surface area contributed by atoms with Crippen molar-refractivity contribution in [1.29, 1.82) is 0 Å². The minimum atomic E-state index is 0.270. The smallest absolute Gasteiger partial charge is 0.0897 e. The number of nitrogens with zero attached hydrogens (tertiary/aromatic N) is 1. The van der Waals surface area contributed by atoms with Crippen molar-refractivity contribution in [2.45, 2.75) is 26.8 Å². The Bertz CT molecular complexity index is 490. The Balaban J connectivity index is 2.35. The summed E-state index contributed by atoms with van der Waals surface area (Å²) >= 11 is 1.76. The zero-order valence-corrected chi connectivity index (χ0v) is 11.3. The average Bonchev–Trinajstić information content (AvgIpc) is 2.72. The Kier molecular flexibility index (Phi) is 3.92. The number of nitrogens with one attached hydrogen (secondary N) is 1. The monoisotopic (exact) mass is 246 g/mol. The molecule has 0 bridgehead atoms. The Hall–Kier alpha value is -1.19. The van der Waals surface area contributed by atoms with Crippen molar-refractivity contribution in [2.24, 2.45) is 0 Å². The lowest BCUT2D eigenvalue weighted by molar-refractivity contribution is 0.638. The van der Waals surface area contributed by atoms with Crippen LogP contribution < -0.4 is 5.32 Å². The van der Waals surface area contributed by atoms with Crippen LogP contribution in [0.4, 0.5) is 0 Å². The first kappa shape index (κ1) is 12.3. The van der Waals surface area contributed by atoms with Crippen LogP contribution in [0.5, 0.6) is 0 Å². The molecule has 2 rings (SSSR count). The molecular formula is C14H18N2S. The lowest BCUT2D eigenvalue weighted by Crippen LogP contribution is -2.21. The van der Waals surface area contributed by atoms with Gasteiger partial charge in [-0.3, -0.25) is 0 Å². The van der Waals surface area contributed by atoms with Crippen LogP contribution in [0.1, 0.15) is 34.0 Å². The van der Waals surface area contributed by atoms with E-state index in [4.69, 9.17) is 0 Å². The number of thiazole rings is 1. The van der Waals surface area contributed by atoms with Gasteiger partial charge in [0.25, 0.3) is 0 Å². The predicted molar refractivity (Wildman–Crippen MR) is 73.5 cm³/mol. The SMILES string of the molecule is CCNC(c1cccc(C)c1)c1cnc(C)s1. The summed E-state index contributed by atoms with van der Waals surface area (Å²) in [6, 6.07) is 8.93. The summed E-state index contributed by atoms with van der Waals surface area (Å²) in [7, 11) is 0. The van der Waals surface area contributed by atoms with Crippen molar-refractivity contribution in [3.8, 4) is 0 Å². The maximum Gasteiger partial charge on any atom is 0.0897 e. The van der Waals surface area contributed by atoms with Gasteiger partial charge in [0.2, 0.25) is 0 Å². The molecule has 90 valence electrons. The number of rotatable bonds is 4. The second-order valence-corrected chi connectivity index (χ2v) is 5.45. The zero-order valence-electron chi connectivity index (χ0n) is 10.5. The van der Waals surface area contributed by atoms with Crippen LogP contribution in [0.25, 0.3) is 0 Å². The highest BCUT2D eigenvalue weighted by Gasteiger charge is 2.15. The second kappa shape index (κ2) is 5.43. The standard InChI is InChI=1S/C14H18N2S/c1-4-15-14(13-9-16-11(3)17-13)12-7-5-6-10(2)8-12/h5-9,14-15H,4H2,1-3H3. The highest BCUT2D eigenvalue weighted by Crippen LogP contribution is 2.27. The van der Waals surface area contributed by atoms with Gasteiger partial charge < -0.3 is 5.32 Å². The van der Waals surface area contributed by atoms with E-state index in [9.17, 15) is 0 Å². The van der Waals surface area contributed by atoms with Crippen molar-refractivity contribution in [3.63, 3.8) is 0 Å². The highest BCUT2D eigenvalue weighted by molar-refractivity contribution is 7.11. The van der Waals surface area contributed by atoms with Gasteiger partial charge in [0.15, 0.2) is 0 Å². The third-order valence-electron chi connectivity index (χ3n) is 2.71. The molecular weight excluding hydrogens is 228 g/mol. The average molecular weight is 246 g/mol. The highest BCUT2D eigenvalue weighted by atomic mass is 32.1. The van der Waals surface area contributed by atoms with Gasteiger partial charge in [-0.25, -0.2) is 4.98 Å². The van der Waals surface area contributed by atoms with Gasteiger partial charge in [-0.05, 0) is 26.0 Å². The van der Waals surface area contributed by atoms with Crippen LogP contribution in [-0.4, -0.2) is 11.5 Å². The summed E-state index contributed by atoms with van der Waals surface area (Å²) in [4.78, 5) is 5.63. The molecule has 3 heteroatoms. The van der Waals surface area contributed by atoms with Gasteiger partial charge in [0.05, 0.1) is 11.0 Å². The molecule has 0 saturated heterocycles. The van der Waals surface area contributed by atoms with E-state index in [2.05, 4.69) is 48.4 Å². The number of benzene rings is 1. The first-order valence-corrected chi connectivity index (χ1v) is 6.74. The van der Waals surface area contributed by atoms with Crippen LogP contribution in [0.2, 0.25) is 0 Å². The Morgan fingerprint density at radius 2 is 2.18 bits per heavy atom.